The minimum absolute atomic E-state index is 0.0586. The monoisotopic (exact) mass is 228 g/mol. The Labute approximate surface area is 101 Å². The highest BCUT2D eigenvalue weighted by atomic mass is 16.5. The number of hydrogen-bond acceptors (Lipinski definition) is 2. The van der Waals surface area contributed by atoms with Gasteiger partial charge >= 0.3 is 5.97 Å². The molecule has 16 heavy (non-hydrogen) atoms. The normalized spacial score (nSPS) is 13.0. The van der Waals surface area contributed by atoms with E-state index in [1.54, 1.807) is 0 Å². The standard InChI is InChI=1S/C14H28O2/c1-8-9-16-12(15)10-11(13(2,3)4)14(5,6)7/h11H,8-10H2,1-7H3. The average molecular weight is 228 g/mol. The lowest BCUT2D eigenvalue weighted by Gasteiger charge is -2.40. The summed E-state index contributed by atoms with van der Waals surface area (Å²) in [4.78, 5) is 11.7. The van der Waals surface area contributed by atoms with Gasteiger partial charge in [-0.05, 0) is 23.2 Å². The molecule has 0 aliphatic heterocycles. The van der Waals surface area contributed by atoms with Gasteiger partial charge < -0.3 is 4.74 Å². The van der Waals surface area contributed by atoms with E-state index >= 15 is 0 Å². The number of carbonyl (C=O) groups is 1. The van der Waals surface area contributed by atoms with Crippen molar-refractivity contribution in [2.45, 2.75) is 61.3 Å². The third-order valence-corrected chi connectivity index (χ3v) is 2.93. The maximum Gasteiger partial charge on any atom is 0.306 e. The predicted molar refractivity (Wildman–Crippen MR) is 68.3 cm³/mol. The summed E-state index contributed by atoms with van der Waals surface area (Å²) in [6, 6.07) is 0. The second kappa shape index (κ2) is 5.70. The van der Waals surface area contributed by atoms with E-state index < -0.39 is 0 Å². The highest BCUT2D eigenvalue weighted by Crippen LogP contribution is 2.42. The van der Waals surface area contributed by atoms with Crippen LogP contribution in [0.15, 0.2) is 0 Å². The molecule has 0 radical (unpaired) electrons. The molecule has 0 heterocycles. The molecule has 0 amide bonds. The largest absolute Gasteiger partial charge is 0.466 e. The second-order valence-electron chi connectivity index (χ2n) is 6.71. The Bertz CT molecular complexity index is 204. The second-order valence-corrected chi connectivity index (χ2v) is 6.71. The van der Waals surface area contributed by atoms with Crippen LogP contribution >= 0.6 is 0 Å². The Hall–Kier alpha value is -0.530. The lowest BCUT2D eigenvalue weighted by molar-refractivity contribution is -0.147. The summed E-state index contributed by atoms with van der Waals surface area (Å²) in [5, 5.41) is 0. The molecule has 0 fully saturated rings. The van der Waals surface area contributed by atoms with Crippen LogP contribution in [0.25, 0.3) is 0 Å². The van der Waals surface area contributed by atoms with E-state index in [-0.39, 0.29) is 16.8 Å². The first-order chi connectivity index (χ1) is 7.09. The Morgan fingerprint density at radius 2 is 1.50 bits per heavy atom. The smallest absolute Gasteiger partial charge is 0.306 e. The molecule has 0 atom stereocenters. The fourth-order valence-electron chi connectivity index (χ4n) is 2.35. The molecule has 0 N–H and O–H groups in total. The quantitative estimate of drug-likeness (QED) is 0.679. The highest BCUT2D eigenvalue weighted by Gasteiger charge is 2.36. The number of hydrogen-bond donors (Lipinski definition) is 0. The number of rotatable bonds is 4. The Balaban J connectivity index is 4.52. The fraction of sp³-hybridized carbons (Fsp3) is 0.929. The van der Waals surface area contributed by atoms with Gasteiger partial charge in [0.2, 0.25) is 0 Å². The molecular formula is C14H28O2. The Kier molecular flexibility index (Phi) is 5.51. The number of esters is 1. The molecule has 0 aliphatic carbocycles. The molecular weight excluding hydrogens is 200 g/mol. The van der Waals surface area contributed by atoms with Gasteiger partial charge in [0.25, 0.3) is 0 Å². The zero-order chi connectivity index (χ0) is 13.0. The zero-order valence-corrected chi connectivity index (χ0v) is 12.0. The molecule has 0 spiro atoms. The number of carbonyl (C=O) groups excluding carboxylic acids is 1. The van der Waals surface area contributed by atoms with Gasteiger partial charge in [-0.25, -0.2) is 0 Å². The minimum Gasteiger partial charge on any atom is -0.466 e. The van der Waals surface area contributed by atoms with Crippen molar-refractivity contribution in [2.24, 2.45) is 16.7 Å². The molecule has 96 valence electrons. The first-order valence-corrected chi connectivity index (χ1v) is 6.24. The predicted octanol–water partition coefficient (Wildman–Crippen LogP) is 4.04. The van der Waals surface area contributed by atoms with Gasteiger partial charge in [0.15, 0.2) is 0 Å². The first kappa shape index (κ1) is 15.5. The summed E-state index contributed by atoms with van der Waals surface area (Å²) >= 11 is 0. The molecule has 0 aromatic heterocycles. The zero-order valence-electron chi connectivity index (χ0n) is 12.0. The molecule has 2 heteroatoms. The van der Waals surface area contributed by atoms with Crippen molar-refractivity contribution in [3.63, 3.8) is 0 Å². The van der Waals surface area contributed by atoms with Crippen LogP contribution in [0.5, 0.6) is 0 Å². The van der Waals surface area contributed by atoms with Crippen molar-refractivity contribution in [3.05, 3.63) is 0 Å². The molecule has 0 saturated carbocycles. The van der Waals surface area contributed by atoms with Gasteiger partial charge in [0.1, 0.15) is 0 Å². The summed E-state index contributed by atoms with van der Waals surface area (Å²) in [6.45, 7) is 15.7. The minimum atomic E-state index is -0.0586. The lowest BCUT2D eigenvalue weighted by Crippen LogP contribution is -2.34. The van der Waals surface area contributed by atoms with Crippen molar-refractivity contribution in [1.82, 2.24) is 0 Å². The van der Waals surface area contributed by atoms with E-state index in [1.807, 2.05) is 6.92 Å². The van der Waals surface area contributed by atoms with Gasteiger partial charge in [0.05, 0.1) is 6.61 Å². The van der Waals surface area contributed by atoms with Crippen molar-refractivity contribution in [1.29, 1.82) is 0 Å². The van der Waals surface area contributed by atoms with E-state index in [1.165, 1.54) is 0 Å². The van der Waals surface area contributed by atoms with Gasteiger partial charge in [-0.2, -0.15) is 0 Å². The first-order valence-electron chi connectivity index (χ1n) is 6.24. The van der Waals surface area contributed by atoms with E-state index in [0.29, 0.717) is 18.9 Å². The van der Waals surface area contributed by atoms with E-state index in [0.717, 1.165) is 6.42 Å². The summed E-state index contributed by atoms with van der Waals surface area (Å²) in [6.07, 6.45) is 1.41. The van der Waals surface area contributed by atoms with Gasteiger partial charge in [-0.1, -0.05) is 48.5 Å². The lowest BCUT2D eigenvalue weighted by atomic mass is 9.65. The van der Waals surface area contributed by atoms with Crippen molar-refractivity contribution in [3.8, 4) is 0 Å². The molecule has 0 saturated heterocycles. The highest BCUT2D eigenvalue weighted by molar-refractivity contribution is 5.69. The molecule has 0 aliphatic rings. The van der Waals surface area contributed by atoms with Crippen molar-refractivity contribution < 1.29 is 9.53 Å². The maximum atomic E-state index is 11.7. The summed E-state index contributed by atoms with van der Waals surface area (Å²) in [5.74, 6) is 0.279. The van der Waals surface area contributed by atoms with Crippen molar-refractivity contribution >= 4 is 5.97 Å². The van der Waals surface area contributed by atoms with E-state index in [4.69, 9.17) is 4.74 Å². The fourth-order valence-corrected chi connectivity index (χ4v) is 2.35. The van der Waals surface area contributed by atoms with Crippen LogP contribution in [-0.4, -0.2) is 12.6 Å². The molecule has 0 unspecified atom stereocenters. The van der Waals surface area contributed by atoms with Crippen LogP contribution in [0.2, 0.25) is 0 Å². The third-order valence-electron chi connectivity index (χ3n) is 2.93. The molecule has 2 nitrogen and oxygen atoms in total. The summed E-state index contributed by atoms with van der Waals surface area (Å²) in [5.41, 5.74) is 0.257. The molecule has 0 aromatic carbocycles. The van der Waals surface area contributed by atoms with Gasteiger partial charge in [-0.3, -0.25) is 4.79 Å². The maximum absolute atomic E-state index is 11.7. The molecule has 0 bridgehead atoms. The summed E-state index contributed by atoms with van der Waals surface area (Å²) in [7, 11) is 0. The van der Waals surface area contributed by atoms with E-state index in [2.05, 4.69) is 41.5 Å². The SMILES string of the molecule is CCCOC(=O)CC(C(C)(C)C)C(C)(C)C. The molecule has 0 aromatic rings. The van der Waals surface area contributed by atoms with Crippen LogP contribution in [0, 0.1) is 16.7 Å². The van der Waals surface area contributed by atoms with Crippen LogP contribution < -0.4 is 0 Å². The number of ether oxygens (including phenoxy) is 1. The molecule has 0 rings (SSSR count). The van der Waals surface area contributed by atoms with Crippen LogP contribution in [0.3, 0.4) is 0 Å². The van der Waals surface area contributed by atoms with Gasteiger partial charge in [0, 0.05) is 6.42 Å². The Morgan fingerprint density at radius 3 is 1.81 bits per heavy atom. The van der Waals surface area contributed by atoms with Crippen LogP contribution in [-0.2, 0) is 9.53 Å². The summed E-state index contributed by atoms with van der Waals surface area (Å²) < 4.78 is 5.17. The Morgan fingerprint density at radius 1 is 1.06 bits per heavy atom. The van der Waals surface area contributed by atoms with E-state index in [9.17, 15) is 4.79 Å². The topological polar surface area (TPSA) is 26.3 Å². The van der Waals surface area contributed by atoms with Crippen molar-refractivity contribution in [2.75, 3.05) is 6.61 Å². The van der Waals surface area contributed by atoms with Crippen LogP contribution in [0.4, 0.5) is 0 Å². The third kappa shape index (κ3) is 5.53. The average Bonchev–Trinajstić information content (AvgIpc) is 2.07. The van der Waals surface area contributed by atoms with Crippen LogP contribution in [0.1, 0.15) is 61.3 Å². The van der Waals surface area contributed by atoms with Gasteiger partial charge in [-0.15, -0.1) is 0 Å².